The first kappa shape index (κ1) is 29.8. The molecule has 3 heterocycles. The molecule has 5 rings (SSSR count). The Morgan fingerprint density at radius 1 is 1.26 bits per heavy atom. The van der Waals surface area contributed by atoms with Gasteiger partial charge in [-0.25, -0.2) is 9.18 Å². The van der Waals surface area contributed by atoms with Gasteiger partial charge in [0, 0.05) is 30.6 Å². The molecule has 0 bridgehead atoms. The minimum absolute atomic E-state index is 0.0856. The van der Waals surface area contributed by atoms with Crippen molar-refractivity contribution in [2.24, 2.45) is 0 Å². The smallest absolute Gasteiger partial charge is 0.350 e. The van der Waals surface area contributed by atoms with Gasteiger partial charge in [0.25, 0.3) is 0 Å². The highest BCUT2D eigenvalue weighted by Gasteiger charge is 2.36. The standard InChI is InChI=1S/C31H37ClFN5O4/c1-5-12-34-13-8-9-20-17-42-29-26(27-23(33)10-7-11-24(27)39)22(32)14-21-28(29)38(20)31(41)35-30(21)37-16-18(3)36(15-19(37)4)25(40)6-2/h6-7,10-11,14,18-20,34,39H,2,5,8-9,12-13,15-17H2,1,3-4H3/t18-,19+,20+/m1/s1. The van der Waals surface area contributed by atoms with E-state index in [9.17, 15) is 14.7 Å². The number of hydrogen-bond acceptors (Lipinski definition) is 7. The first-order valence-electron chi connectivity index (χ1n) is 14.5. The molecular formula is C31H37ClFN5O4. The third-order valence-electron chi connectivity index (χ3n) is 8.16. The first-order chi connectivity index (χ1) is 20.2. The number of halogens is 2. The Morgan fingerprint density at radius 3 is 2.76 bits per heavy atom. The van der Waals surface area contributed by atoms with E-state index in [1.54, 1.807) is 15.5 Å². The van der Waals surface area contributed by atoms with E-state index in [0.717, 1.165) is 25.9 Å². The van der Waals surface area contributed by atoms with Crippen LogP contribution in [0, 0.1) is 5.82 Å². The third-order valence-corrected chi connectivity index (χ3v) is 8.45. The van der Waals surface area contributed by atoms with Gasteiger partial charge in [-0.3, -0.25) is 9.36 Å². The maximum absolute atomic E-state index is 15.2. The van der Waals surface area contributed by atoms with Crippen LogP contribution in [-0.2, 0) is 4.79 Å². The van der Waals surface area contributed by atoms with Gasteiger partial charge in [0.05, 0.1) is 27.7 Å². The monoisotopic (exact) mass is 597 g/mol. The zero-order valence-corrected chi connectivity index (χ0v) is 25.0. The number of phenolic OH excluding ortho intramolecular Hbond substituents is 1. The number of carbonyl (C=O) groups excluding carboxylic acids is 1. The molecule has 1 aromatic heterocycles. The number of anilines is 1. The lowest BCUT2D eigenvalue weighted by atomic mass is 9.98. The molecule has 1 saturated heterocycles. The molecule has 11 heteroatoms. The van der Waals surface area contributed by atoms with Crippen molar-refractivity contribution in [2.45, 2.75) is 58.2 Å². The zero-order valence-electron chi connectivity index (χ0n) is 24.2. The minimum atomic E-state index is -0.658. The topological polar surface area (TPSA) is 99.9 Å². The second-order valence-corrected chi connectivity index (χ2v) is 11.5. The van der Waals surface area contributed by atoms with E-state index in [1.165, 1.54) is 24.3 Å². The summed E-state index contributed by atoms with van der Waals surface area (Å²) in [6, 6.07) is 5.09. The van der Waals surface area contributed by atoms with Gasteiger partial charge in [-0.05, 0) is 70.5 Å². The average Bonchev–Trinajstić information content (AvgIpc) is 2.96. The number of piperazine rings is 1. The van der Waals surface area contributed by atoms with E-state index in [-0.39, 0.29) is 58.3 Å². The summed E-state index contributed by atoms with van der Waals surface area (Å²) in [5.41, 5.74) is 0.131. The molecule has 0 aliphatic carbocycles. The Balaban J connectivity index is 1.69. The summed E-state index contributed by atoms with van der Waals surface area (Å²) in [5.74, 6) is -0.429. The number of amides is 1. The fourth-order valence-corrected chi connectivity index (χ4v) is 6.38. The van der Waals surface area contributed by atoms with Crippen molar-refractivity contribution in [3.05, 3.63) is 58.2 Å². The van der Waals surface area contributed by atoms with Gasteiger partial charge in [0.1, 0.15) is 24.0 Å². The molecule has 2 N–H and O–H groups in total. The van der Waals surface area contributed by atoms with Crippen LogP contribution in [0.3, 0.4) is 0 Å². The molecule has 3 atom stereocenters. The maximum Gasteiger partial charge on any atom is 0.350 e. The molecule has 2 aliphatic heterocycles. The molecule has 0 radical (unpaired) electrons. The van der Waals surface area contributed by atoms with Crippen LogP contribution in [0.5, 0.6) is 11.5 Å². The third kappa shape index (κ3) is 5.33. The van der Waals surface area contributed by atoms with Gasteiger partial charge in [-0.2, -0.15) is 4.98 Å². The second kappa shape index (κ2) is 12.3. The predicted molar refractivity (Wildman–Crippen MR) is 163 cm³/mol. The molecule has 1 fully saturated rings. The fourth-order valence-electron chi connectivity index (χ4n) is 6.09. The van der Waals surface area contributed by atoms with Crippen LogP contribution in [-0.4, -0.2) is 70.3 Å². The lowest BCUT2D eigenvalue weighted by molar-refractivity contribution is -0.128. The number of rotatable bonds is 9. The van der Waals surface area contributed by atoms with Crippen molar-refractivity contribution >= 4 is 34.2 Å². The molecule has 3 aromatic rings. The number of aromatic nitrogens is 2. The number of phenols is 1. The summed E-state index contributed by atoms with van der Waals surface area (Å²) in [6.45, 7) is 12.4. The fraction of sp³-hybridized carbons (Fsp3) is 0.452. The highest BCUT2D eigenvalue weighted by molar-refractivity contribution is 6.35. The van der Waals surface area contributed by atoms with Crippen LogP contribution in [0.15, 0.2) is 41.7 Å². The van der Waals surface area contributed by atoms with Crippen LogP contribution in [0.25, 0.3) is 22.0 Å². The molecule has 9 nitrogen and oxygen atoms in total. The quantitative estimate of drug-likeness (QED) is 0.268. The number of hydrogen-bond donors (Lipinski definition) is 2. The Bertz CT molecular complexity index is 1560. The van der Waals surface area contributed by atoms with Gasteiger partial charge >= 0.3 is 5.69 Å². The number of benzene rings is 2. The summed E-state index contributed by atoms with van der Waals surface area (Å²) >= 11 is 6.85. The van der Waals surface area contributed by atoms with Crippen molar-refractivity contribution in [3.8, 4) is 22.6 Å². The molecule has 0 spiro atoms. The zero-order chi connectivity index (χ0) is 30.1. The maximum atomic E-state index is 15.2. The number of nitrogens with zero attached hydrogens (tertiary/aromatic N) is 4. The van der Waals surface area contributed by atoms with Crippen molar-refractivity contribution < 1.29 is 19.0 Å². The van der Waals surface area contributed by atoms with Gasteiger partial charge in [0.15, 0.2) is 5.75 Å². The number of carbonyl (C=O) groups is 1. The van der Waals surface area contributed by atoms with Crippen LogP contribution >= 0.6 is 11.6 Å². The summed E-state index contributed by atoms with van der Waals surface area (Å²) in [5, 5.41) is 14.8. The molecule has 2 aliphatic rings. The lowest BCUT2D eigenvalue weighted by Gasteiger charge is -2.45. The van der Waals surface area contributed by atoms with E-state index in [0.29, 0.717) is 36.2 Å². The van der Waals surface area contributed by atoms with E-state index in [4.69, 9.17) is 16.3 Å². The van der Waals surface area contributed by atoms with Gasteiger partial charge in [-0.15, -0.1) is 0 Å². The average molecular weight is 598 g/mol. The lowest BCUT2D eigenvalue weighted by Crippen LogP contribution is -2.58. The molecule has 2 aromatic carbocycles. The number of aromatic hydroxyl groups is 1. The van der Waals surface area contributed by atoms with Crippen LogP contribution in [0.2, 0.25) is 5.02 Å². The SMILES string of the molecule is C=CC(=O)N1C[C@H](C)N(c2nc(=O)n3c4c(c(-c5c(O)cccc5F)c(Cl)cc24)OC[C@@H]3CCCNCCC)C[C@H]1C. The minimum Gasteiger partial charge on any atom is -0.507 e. The van der Waals surface area contributed by atoms with Crippen LogP contribution < -0.4 is 20.6 Å². The first-order valence-corrected chi connectivity index (χ1v) is 14.8. The van der Waals surface area contributed by atoms with Gasteiger partial charge in [0.2, 0.25) is 5.91 Å². The molecule has 0 saturated carbocycles. The number of ether oxygens (including phenoxy) is 1. The molecular weight excluding hydrogens is 561 g/mol. The van der Waals surface area contributed by atoms with Crippen molar-refractivity contribution in [1.82, 2.24) is 19.8 Å². The van der Waals surface area contributed by atoms with E-state index in [1.807, 2.05) is 18.7 Å². The molecule has 1 amide bonds. The Kier molecular flexibility index (Phi) is 8.75. The summed E-state index contributed by atoms with van der Waals surface area (Å²) in [7, 11) is 0. The molecule has 0 unspecified atom stereocenters. The van der Waals surface area contributed by atoms with E-state index in [2.05, 4.69) is 23.8 Å². The van der Waals surface area contributed by atoms with Gasteiger partial charge < -0.3 is 25.0 Å². The summed E-state index contributed by atoms with van der Waals surface area (Å²) in [4.78, 5) is 34.7. The Morgan fingerprint density at radius 2 is 2.05 bits per heavy atom. The predicted octanol–water partition coefficient (Wildman–Crippen LogP) is 4.89. The largest absolute Gasteiger partial charge is 0.507 e. The number of nitrogens with one attached hydrogen (secondary N) is 1. The Hall–Kier alpha value is -3.63. The Labute approximate surface area is 249 Å². The van der Waals surface area contributed by atoms with Crippen molar-refractivity contribution in [3.63, 3.8) is 0 Å². The van der Waals surface area contributed by atoms with E-state index < -0.39 is 11.5 Å². The molecule has 224 valence electrons. The van der Waals surface area contributed by atoms with Crippen molar-refractivity contribution in [2.75, 3.05) is 37.7 Å². The molecule has 42 heavy (non-hydrogen) atoms. The van der Waals surface area contributed by atoms with Crippen LogP contribution in [0.4, 0.5) is 10.2 Å². The second-order valence-electron chi connectivity index (χ2n) is 11.1. The highest BCUT2D eigenvalue weighted by Crippen LogP contribution is 2.49. The van der Waals surface area contributed by atoms with Gasteiger partial charge in [-0.1, -0.05) is 31.2 Å². The summed E-state index contributed by atoms with van der Waals surface area (Å²) in [6.07, 6.45) is 3.83. The highest BCUT2D eigenvalue weighted by atomic mass is 35.5. The van der Waals surface area contributed by atoms with Crippen LogP contribution in [0.1, 0.15) is 46.1 Å². The normalized spacial score (nSPS) is 20.1. The van der Waals surface area contributed by atoms with E-state index >= 15 is 4.39 Å². The summed E-state index contributed by atoms with van der Waals surface area (Å²) < 4.78 is 23.1. The van der Waals surface area contributed by atoms with Crippen molar-refractivity contribution in [1.29, 1.82) is 0 Å².